The van der Waals surface area contributed by atoms with Gasteiger partial charge in [-0.05, 0) is 123 Å². The van der Waals surface area contributed by atoms with Crippen molar-refractivity contribution in [1.29, 1.82) is 10.5 Å². The topological polar surface area (TPSA) is 273 Å². The van der Waals surface area contributed by atoms with Gasteiger partial charge in [-0.15, -0.1) is 0 Å². The molecule has 2 aliphatic heterocycles. The van der Waals surface area contributed by atoms with Crippen molar-refractivity contribution >= 4 is 69.0 Å². The second-order valence-corrected chi connectivity index (χ2v) is 23.2. The van der Waals surface area contributed by atoms with E-state index in [9.17, 15) is 19.2 Å². The first-order valence-electron chi connectivity index (χ1n) is 29.7. The summed E-state index contributed by atoms with van der Waals surface area (Å²) in [5, 5.41) is 23.3. The number of esters is 2. The lowest BCUT2D eigenvalue weighted by Gasteiger charge is -2.27. The van der Waals surface area contributed by atoms with Gasteiger partial charge in [-0.1, -0.05) is 35.3 Å². The number of ether oxygens (including phenoxy) is 5. The van der Waals surface area contributed by atoms with Crippen LogP contribution in [0.1, 0.15) is 102 Å². The van der Waals surface area contributed by atoms with Crippen LogP contribution < -0.4 is 20.1 Å². The molecule has 2 saturated heterocycles. The van der Waals surface area contributed by atoms with Gasteiger partial charge in [0.15, 0.2) is 0 Å². The van der Waals surface area contributed by atoms with Crippen molar-refractivity contribution in [3.8, 4) is 46.4 Å². The van der Waals surface area contributed by atoms with E-state index in [1.54, 1.807) is 33.4 Å². The highest BCUT2D eigenvalue weighted by Gasteiger charge is 2.28. The molecular formula is C68H52Cl2F4N12O9. The number of rotatable bonds is 22. The Bertz CT molecular complexity index is 4500. The molecule has 2 aliphatic rings. The Hall–Kier alpha value is -10.7. The Kier molecular flexibility index (Phi) is 18.9. The Balaban J connectivity index is 0.725. The van der Waals surface area contributed by atoms with Crippen molar-refractivity contribution in [2.24, 2.45) is 0 Å². The van der Waals surface area contributed by atoms with Gasteiger partial charge in [0.05, 0.1) is 92.1 Å². The van der Waals surface area contributed by atoms with Crippen LogP contribution in [0.2, 0.25) is 10.0 Å². The normalized spacial score (nSPS) is 14.8. The summed E-state index contributed by atoms with van der Waals surface area (Å²) in [4.78, 5) is 79.2. The molecule has 0 aliphatic carbocycles. The number of nitrogens with zero attached hydrogens (tertiary/aromatic N) is 10. The molecule has 27 heteroatoms. The third-order valence-electron chi connectivity index (χ3n) is 15.8. The van der Waals surface area contributed by atoms with Crippen molar-refractivity contribution in [2.45, 2.75) is 90.1 Å². The Morgan fingerprint density at radius 3 is 1.38 bits per heavy atom. The number of pyridine rings is 4. The van der Waals surface area contributed by atoms with Gasteiger partial charge < -0.3 is 43.5 Å². The van der Waals surface area contributed by atoms with Gasteiger partial charge in [0.2, 0.25) is 11.8 Å². The summed E-state index contributed by atoms with van der Waals surface area (Å²) in [6.07, 6.45) is 3.28. The minimum Gasteiger partial charge on any atom is -0.473 e. The number of nitrogens with one attached hydrogen (secondary N) is 2. The minimum atomic E-state index is -0.990. The molecule has 2 amide bonds. The van der Waals surface area contributed by atoms with E-state index in [4.69, 9.17) is 67.4 Å². The van der Waals surface area contributed by atoms with E-state index in [2.05, 4.69) is 30.6 Å². The SMILES string of the molecule is C[C@@H](C#N)NC(=O)c1cc(Cl)c(COc2cccc(-c3cc(F)c(Cc4nc5ccc(C(=O)OC(=O)c6ccc7nc(Cc8cc(F)c(-c9cccc(OCc%10cnc(C(=O)N[C@@H](C)C#N)cc%10Cl)n9)cc8F)n(C[C@@H]8CCO8)c7c6)cc5n4C[C@@H]4CCO4)cc3F)n2)cn1. The van der Waals surface area contributed by atoms with E-state index < -0.39 is 59.1 Å². The van der Waals surface area contributed by atoms with Crippen LogP contribution in [0, 0.1) is 45.9 Å². The number of hydrogen-bond acceptors (Lipinski definition) is 17. The number of hydrogen-bond donors (Lipinski definition) is 2. The third kappa shape index (κ3) is 14.4. The van der Waals surface area contributed by atoms with Crippen LogP contribution in [0.3, 0.4) is 0 Å². The molecule has 10 aromatic rings. The number of benzene rings is 4. The van der Waals surface area contributed by atoms with Crippen LogP contribution in [-0.2, 0) is 53.4 Å². The quantitative estimate of drug-likeness (QED) is 0.0362. The monoisotopic (exact) mass is 1330 g/mol. The molecule has 6 aromatic heterocycles. The fourth-order valence-corrected chi connectivity index (χ4v) is 10.9. The maximum absolute atomic E-state index is 16.2. The first-order chi connectivity index (χ1) is 45.8. The smallest absolute Gasteiger partial charge is 0.346 e. The van der Waals surface area contributed by atoms with E-state index in [1.165, 1.54) is 86.9 Å². The molecule has 2 fully saturated rings. The van der Waals surface area contributed by atoms with Gasteiger partial charge in [-0.2, -0.15) is 10.5 Å². The first-order valence-corrected chi connectivity index (χ1v) is 30.4. The van der Waals surface area contributed by atoms with E-state index in [0.717, 1.165) is 24.3 Å². The molecule has 4 aromatic carbocycles. The fraction of sp³-hybridized carbons (Fsp3) is 0.235. The summed E-state index contributed by atoms with van der Waals surface area (Å²) in [5.74, 6) is -5.42. The summed E-state index contributed by atoms with van der Waals surface area (Å²) in [6.45, 7) is 4.32. The number of halogens is 6. The second-order valence-electron chi connectivity index (χ2n) is 22.4. The molecule has 0 unspecified atom stereocenters. The van der Waals surface area contributed by atoms with Crippen molar-refractivity contribution in [1.82, 2.24) is 49.7 Å². The summed E-state index contributed by atoms with van der Waals surface area (Å²) < 4.78 is 96.9. The zero-order valence-electron chi connectivity index (χ0n) is 50.3. The number of carbonyl (C=O) groups excluding carboxylic acids is 4. The maximum atomic E-state index is 16.2. The molecular weight excluding hydrogens is 1280 g/mol. The van der Waals surface area contributed by atoms with E-state index >= 15 is 17.6 Å². The minimum absolute atomic E-state index is 0.00332. The third-order valence-corrected chi connectivity index (χ3v) is 16.5. The Morgan fingerprint density at radius 2 is 1.00 bits per heavy atom. The standard InChI is InChI=1S/C68H52Cl2F4N12O9/c1-35(27-75)79-65(87)57-25-47(69)41(29-77-57)33-93-63-7-3-5-53(83-63)45-23-49(71)39(17-51(45)73)21-61-81-55-11-9-37(19-59(55)85(61)31-43-13-15-91-43)67(89)95-68(90)38-10-12-56-60(20-38)86(32-44-14-16-92-44)62(82-56)22-40-18-52(74)46(24-50(40)72)54-6-4-8-64(84-54)94-34-42-30-78-58(26-48(42)70)66(88)80-36(2)28-76/h3-12,17-20,23-26,29-30,35-36,43-44H,13-16,21-22,31-34H2,1-2H3,(H,79,87)(H,80,88)/t35-,36-,43-,44-/m0/s1. The largest absolute Gasteiger partial charge is 0.473 e. The van der Waals surface area contributed by atoms with Gasteiger partial charge in [0.1, 0.15) is 71.6 Å². The number of amides is 2. The van der Waals surface area contributed by atoms with Crippen LogP contribution in [-0.4, -0.2) is 100 Å². The van der Waals surface area contributed by atoms with Crippen LogP contribution in [0.15, 0.2) is 122 Å². The maximum Gasteiger partial charge on any atom is 0.346 e. The molecule has 4 atom stereocenters. The van der Waals surface area contributed by atoms with Gasteiger partial charge in [0, 0.05) is 72.8 Å². The molecule has 0 saturated carbocycles. The van der Waals surface area contributed by atoms with Crippen molar-refractivity contribution < 1.29 is 60.4 Å². The highest BCUT2D eigenvalue weighted by Crippen LogP contribution is 2.33. The molecule has 0 bridgehead atoms. The van der Waals surface area contributed by atoms with Crippen molar-refractivity contribution in [3.63, 3.8) is 0 Å². The summed E-state index contributed by atoms with van der Waals surface area (Å²) in [5.41, 5.74) is 2.31. The number of imidazole rings is 2. The van der Waals surface area contributed by atoms with Crippen LogP contribution in [0.25, 0.3) is 44.6 Å². The zero-order chi connectivity index (χ0) is 66.6. The predicted molar refractivity (Wildman–Crippen MR) is 335 cm³/mol. The lowest BCUT2D eigenvalue weighted by molar-refractivity contribution is -0.0591. The molecule has 8 heterocycles. The van der Waals surface area contributed by atoms with Gasteiger partial charge >= 0.3 is 11.9 Å². The number of aromatic nitrogens is 8. The number of fused-ring (bicyclic) bond motifs is 2. The van der Waals surface area contributed by atoms with Gasteiger partial charge in [-0.3, -0.25) is 19.6 Å². The molecule has 95 heavy (non-hydrogen) atoms. The van der Waals surface area contributed by atoms with E-state index in [1.807, 2.05) is 12.1 Å². The molecule has 12 rings (SSSR count). The summed E-state index contributed by atoms with van der Waals surface area (Å²) in [7, 11) is 0. The van der Waals surface area contributed by atoms with Crippen molar-refractivity contribution in [3.05, 3.63) is 211 Å². The van der Waals surface area contributed by atoms with Crippen molar-refractivity contribution in [2.75, 3.05) is 13.2 Å². The summed E-state index contributed by atoms with van der Waals surface area (Å²) in [6, 6.07) is 27.3. The lowest BCUT2D eigenvalue weighted by atomic mass is 10.0. The molecule has 2 N–H and O–H groups in total. The molecule has 21 nitrogen and oxygen atoms in total. The highest BCUT2D eigenvalue weighted by molar-refractivity contribution is 6.32. The van der Waals surface area contributed by atoms with Crippen LogP contribution >= 0.6 is 23.2 Å². The summed E-state index contributed by atoms with van der Waals surface area (Å²) >= 11 is 12.8. The zero-order valence-corrected chi connectivity index (χ0v) is 51.9. The van der Waals surface area contributed by atoms with Gasteiger partial charge in [-0.25, -0.2) is 47.1 Å². The van der Waals surface area contributed by atoms with Crippen LogP contribution in [0.5, 0.6) is 11.8 Å². The Labute approximate surface area is 548 Å². The first kappa shape index (κ1) is 64.4. The number of carbonyl (C=O) groups is 4. The average Bonchev–Trinajstić information content (AvgIpc) is 1.67. The molecule has 480 valence electrons. The van der Waals surface area contributed by atoms with Gasteiger partial charge in [0.25, 0.3) is 11.8 Å². The molecule has 0 spiro atoms. The predicted octanol–water partition coefficient (Wildman–Crippen LogP) is 11.4. The highest BCUT2D eigenvalue weighted by atomic mass is 35.5. The second kappa shape index (κ2) is 27.9. The molecule has 0 radical (unpaired) electrons. The lowest BCUT2D eigenvalue weighted by Crippen LogP contribution is -2.31. The Morgan fingerprint density at radius 1 is 0.579 bits per heavy atom. The fourth-order valence-electron chi connectivity index (χ4n) is 10.5. The van der Waals surface area contributed by atoms with E-state index in [-0.39, 0.29) is 129 Å². The average molecular weight is 1330 g/mol. The number of nitriles is 2. The van der Waals surface area contributed by atoms with E-state index in [0.29, 0.717) is 70.9 Å². The van der Waals surface area contributed by atoms with Crippen LogP contribution in [0.4, 0.5) is 17.6 Å².